The Hall–Kier alpha value is -2.02. The van der Waals surface area contributed by atoms with Crippen LogP contribution in [-0.4, -0.2) is 14.9 Å². The number of rotatable bonds is 2. The van der Waals surface area contributed by atoms with Gasteiger partial charge in [-0.25, -0.2) is 4.68 Å². The summed E-state index contributed by atoms with van der Waals surface area (Å²) in [6.07, 6.45) is -4.54. The van der Waals surface area contributed by atoms with Gasteiger partial charge in [-0.2, -0.15) is 18.3 Å². The number of anilines is 1. The smallest absolute Gasteiger partial charge is 0.399 e. The lowest BCUT2D eigenvalue weighted by molar-refractivity contribution is -0.141. The molecule has 1 heterocycles. The molecule has 3 N–H and O–H groups in total. The van der Waals surface area contributed by atoms with Crippen LogP contribution in [-0.2, 0) is 12.8 Å². The molecule has 0 bridgehead atoms. The normalized spacial score (nSPS) is 11.8. The molecular weight excluding hydrogens is 247 g/mol. The van der Waals surface area contributed by atoms with Crippen LogP contribution in [0.3, 0.4) is 0 Å². The first-order valence-electron chi connectivity index (χ1n) is 5.04. The van der Waals surface area contributed by atoms with Crippen LogP contribution in [0.1, 0.15) is 11.4 Å². The number of nitrogens with zero attached hydrogens (tertiary/aromatic N) is 2. The molecule has 2 aromatic rings. The zero-order valence-electron chi connectivity index (χ0n) is 9.15. The first-order valence-corrected chi connectivity index (χ1v) is 5.04. The lowest BCUT2D eigenvalue weighted by Gasteiger charge is -2.05. The molecule has 0 radical (unpaired) electrons. The van der Waals surface area contributed by atoms with E-state index in [9.17, 15) is 13.2 Å². The summed E-state index contributed by atoms with van der Waals surface area (Å²) in [5.74, 6) is 0. The minimum atomic E-state index is -4.54. The van der Waals surface area contributed by atoms with Gasteiger partial charge in [-0.05, 0) is 30.3 Å². The third-order valence-electron chi connectivity index (χ3n) is 2.37. The molecule has 4 nitrogen and oxygen atoms in total. The van der Waals surface area contributed by atoms with Crippen LogP contribution in [0, 0.1) is 0 Å². The molecule has 18 heavy (non-hydrogen) atoms. The van der Waals surface area contributed by atoms with Crippen LogP contribution in [0.25, 0.3) is 5.69 Å². The van der Waals surface area contributed by atoms with Gasteiger partial charge < -0.3 is 10.8 Å². The molecule has 0 spiro atoms. The molecule has 96 valence electrons. The molecule has 0 aliphatic heterocycles. The fraction of sp³-hybridized carbons (Fsp3) is 0.182. The lowest BCUT2D eigenvalue weighted by Crippen LogP contribution is -2.07. The maximum Gasteiger partial charge on any atom is 0.435 e. The Bertz CT molecular complexity index is 546. The van der Waals surface area contributed by atoms with Crippen molar-refractivity contribution in [1.82, 2.24) is 9.78 Å². The Morgan fingerprint density at radius 3 is 2.33 bits per heavy atom. The van der Waals surface area contributed by atoms with E-state index in [1.54, 1.807) is 12.1 Å². The van der Waals surface area contributed by atoms with E-state index in [2.05, 4.69) is 5.10 Å². The lowest BCUT2D eigenvalue weighted by atomic mass is 10.3. The van der Waals surface area contributed by atoms with Crippen LogP contribution < -0.4 is 5.73 Å². The summed E-state index contributed by atoms with van der Waals surface area (Å²) in [6.45, 7) is -0.534. The average Bonchev–Trinajstić information content (AvgIpc) is 2.73. The third kappa shape index (κ3) is 2.30. The van der Waals surface area contributed by atoms with Crippen LogP contribution in [0.15, 0.2) is 30.3 Å². The summed E-state index contributed by atoms with van der Waals surface area (Å²) in [5, 5.41) is 12.5. The van der Waals surface area contributed by atoms with Crippen molar-refractivity contribution in [3.05, 3.63) is 41.7 Å². The van der Waals surface area contributed by atoms with Gasteiger partial charge in [-0.3, -0.25) is 0 Å². The molecule has 0 aliphatic rings. The van der Waals surface area contributed by atoms with Gasteiger partial charge in [-0.1, -0.05) is 0 Å². The largest absolute Gasteiger partial charge is 0.435 e. The molecule has 0 fully saturated rings. The van der Waals surface area contributed by atoms with Crippen molar-refractivity contribution >= 4 is 5.69 Å². The van der Waals surface area contributed by atoms with Crippen LogP contribution in [0.5, 0.6) is 0 Å². The molecule has 0 amide bonds. The van der Waals surface area contributed by atoms with Crippen LogP contribution in [0.2, 0.25) is 0 Å². The van der Waals surface area contributed by atoms with Crippen molar-refractivity contribution in [3.8, 4) is 5.69 Å². The highest BCUT2D eigenvalue weighted by atomic mass is 19.4. The molecule has 2 rings (SSSR count). The van der Waals surface area contributed by atoms with E-state index >= 15 is 0 Å². The molecule has 1 aromatic heterocycles. The summed E-state index contributed by atoms with van der Waals surface area (Å²) in [6, 6.07) is 6.97. The van der Waals surface area contributed by atoms with Crippen molar-refractivity contribution in [2.45, 2.75) is 12.8 Å². The van der Waals surface area contributed by atoms with Crippen molar-refractivity contribution in [1.29, 1.82) is 0 Å². The Kier molecular flexibility index (Phi) is 3.00. The molecule has 7 heteroatoms. The van der Waals surface area contributed by atoms with Gasteiger partial charge in [0.15, 0.2) is 5.69 Å². The standard InChI is InChI=1S/C11H10F3N3O/c12-11(13,14)10-5-9(6-18)17(16-10)8-3-1-7(15)2-4-8/h1-5,18H,6,15H2. The predicted octanol–water partition coefficient (Wildman–Crippen LogP) is 1.97. The monoisotopic (exact) mass is 257 g/mol. The second-order valence-electron chi connectivity index (χ2n) is 3.68. The van der Waals surface area contributed by atoms with Gasteiger partial charge in [0.05, 0.1) is 18.0 Å². The summed E-state index contributed by atoms with van der Waals surface area (Å²) in [4.78, 5) is 0. The molecule has 0 saturated carbocycles. The van der Waals surface area contributed by atoms with E-state index < -0.39 is 18.5 Å². The van der Waals surface area contributed by atoms with Gasteiger partial charge >= 0.3 is 6.18 Å². The number of aliphatic hydroxyl groups excluding tert-OH is 1. The van der Waals surface area contributed by atoms with Crippen molar-refractivity contribution in [2.75, 3.05) is 5.73 Å². The fourth-order valence-electron chi connectivity index (χ4n) is 1.51. The second-order valence-corrected chi connectivity index (χ2v) is 3.68. The first kappa shape index (κ1) is 12.4. The van der Waals surface area contributed by atoms with Crippen molar-refractivity contribution < 1.29 is 18.3 Å². The zero-order chi connectivity index (χ0) is 13.3. The highest BCUT2D eigenvalue weighted by molar-refractivity contribution is 5.45. The Morgan fingerprint density at radius 1 is 1.22 bits per heavy atom. The van der Waals surface area contributed by atoms with Gasteiger partial charge in [0.25, 0.3) is 0 Å². The number of aliphatic hydroxyl groups is 1. The third-order valence-corrected chi connectivity index (χ3v) is 2.37. The number of nitrogens with two attached hydrogens (primary N) is 1. The van der Waals surface area contributed by atoms with Crippen molar-refractivity contribution in [2.24, 2.45) is 0 Å². The summed E-state index contributed by atoms with van der Waals surface area (Å²) in [7, 11) is 0. The minimum absolute atomic E-state index is 0.0621. The predicted molar refractivity (Wildman–Crippen MR) is 58.9 cm³/mol. The first-order chi connectivity index (χ1) is 8.41. The van der Waals surface area contributed by atoms with E-state index in [0.29, 0.717) is 11.4 Å². The Balaban J connectivity index is 2.50. The van der Waals surface area contributed by atoms with Gasteiger partial charge in [0.2, 0.25) is 0 Å². The quantitative estimate of drug-likeness (QED) is 0.808. The second kappa shape index (κ2) is 4.34. The molecule has 0 saturated heterocycles. The number of alkyl halides is 3. The topological polar surface area (TPSA) is 64.1 Å². The van der Waals surface area contributed by atoms with Crippen LogP contribution >= 0.6 is 0 Å². The SMILES string of the molecule is Nc1ccc(-n2nc(C(F)(F)F)cc2CO)cc1. The zero-order valence-corrected chi connectivity index (χ0v) is 9.15. The summed E-state index contributed by atoms with van der Waals surface area (Å²) in [5.41, 5.74) is 5.41. The van der Waals surface area contributed by atoms with Crippen LogP contribution in [0.4, 0.5) is 18.9 Å². The maximum atomic E-state index is 12.5. The van der Waals surface area contributed by atoms with E-state index in [1.165, 1.54) is 12.1 Å². The Labute approximate surface area is 100 Å². The maximum absolute atomic E-state index is 12.5. The minimum Gasteiger partial charge on any atom is -0.399 e. The fourth-order valence-corrected chi connectivity index (χ4v) is 1.51. The van der Waals surface area contributed by atoms with E-state index in [0.717, 1.165) is 10.7 Å². The van der Waals surface area contributed by atoms with Gasteiger partial charge in [0.1, 0.15) is 0 Å². The number of hydrogen-bond donors (Lipinski definition) is 2. The average molecular weight is 257 g/mol. The van der Waals surface area contributed by atoms with Gasteiger partial charge in [0, 0.05) is 5.69 Å². The van der Waals surface area contributed by atoms with E-state index in [1.807, 2.05) is 0 Å². The summed E-state index contributed by atoms with van der Waals surface area (Å²) < 4.78 is 38.6. The molecule has 1 aromatic carbocycles. The number of hydrogen-bond acceptors (Lipinski definition) is 3. The highest BCUT2D eigenvalue weighted by Crippen LogP contribution is 2.29. The summed E-state index contributed by atoms with van der Waals surface area (Å²) >= 11 is 0. The van der Waals surface area contributed by atoms with E-state index in [-0.39, 0.29) is 5.69 Å². The number of halogens is 3. The number of benzene rings is 1. The molecule has 0 atom stereocenters. The highest BCUT2D eigenvalue weighted by Gasteiger charge is 2.34. The molecular formula is C11H10F3N3O. The van der Waals surface area contributed by atoms with E-state index in [4.69, 9.17) is 10.8 Å². The number of aromatic nitrogens is 2. The van der Waals surface area contributed by atoms with Crippen molar-refractivity contribution in [3.63, 3.8) is 0 Å². The Morgan fingerprint density at radius 2 is 1.83 bits per heavy atom. The number of nitrogen functional groups attached to an aromatic ring is 1. The molecule has 0 aliphatic carbocycles. The van der Waals surface area contributed by atoms with Gasteiger partial charge in [-0.15, -0.1) is 0 Å². The molecule has 0 unspecified atom stereocenters.